The maximum absolute atomic E-state index is 11.1. The molecule has 0 spiro atoms. The van der Waals surface area contributed by atoms with E-state index >= 15 is 0 Å². The average molecular weight is 152 g/mol. The molecule has 0 aromatic carbocycles. The van der Waals surface area contributed by atoms with Gasteiger partial charge in [0.1, 0.15) is 0 Å². The largest absolute Gasteiger partial charge is 0.365 e. The van der Waals surface area contributed by atoms with Gasteiger partial charge in [-0.15, -0.1) is 0 Å². The van der Waals surface area contributed by atoms with Crippen LogP contribution in [0.5, 0.6) is 0 Å². The Morgan fingerprint density at radius 2 is 2.36 bits per heavy atom. The molecule has 3 nitrogen and oxygen atoms in total. The van der Waals surface area contributed by atoms with Crippen LogP contribution in [0.4, 0.5) is 0 Å². The average Bonchev–Trinajstić information content (AvgIpc) is 2.39. The van der Waals surface area contributed by atoms with Gasteiger partial charge in [-0.2, -0.15) is 0 Å². The molecule has 0 aliphatic carbocycles. The molecule has 1 N–H and O–H groups in total. The van der Waals surface area contributed by atoms with Crippen LogP contribution in [0, 0.1) is 0 Å². The van der Waals surface area contributed by atoms with Crippen molar-refractivity contribution in [3.05, 3.63) is 24.0 Å². The van der Waals surface area contributed by atoms with Gasteiger partial charge in [-0.25, -0.2) is 0 Å². The zero-order chi connectivity index (χ0) is 8.27. The van der Waals surface area contributed by atoms with Crippen LogP contribution < -0.4 is 0 Å². The highest BCUT2D eigenvalue weighted by Gasteiger charge is 2.04. The summed E-state index contributed by atoms with van der Waals surface area (Å²) < 4.78 is 0. The monoisotopic (exact) mass is 152 g/mol. The number of nitrogens with one attached hydrogen (secondary N) is 1. The Kier molecular flexibility index (Phi) is 2.31. The first kappa shape index (κ1) is 7.85. The minimum absolute atomic E-state index is 0.118. The van der Waals surface area contributed by atoms with Crippen molar-refractivity contribution >= 4 is 5.91 Å². The molecular formula is C8H12N2O. The number of hydrogen-bond donors (Lipinski definition) is 1. The molecule has 60 valence electrons. The van der Waals surface area contributed by atoms with Gasteiger partial charge >= 0.3 is 0 Å². The first-order chi connectivity index (χ1) is 5.20. The molecule has 0 saturated heterocycles. The van der Waals surface area contributed by atoms with Crippen LogP contribution >= 0.6 is 0 Å². The van der Waals surface area contributed by atoms with Gasteiger partial charge in [-0.1, -0.05) is 0 Å². The zero-order valence-corrected chi connectivity index (χ0v) is 6.79. The Balaban J connectivity index is 2.50. The lowest BCUT2D eigenvalue weighted by molar-refractivity contribution is -0.128. The first-order valence-electron chi connectivity index (χ1n) is 3.52. The van der Waals surface area contributed by atoms with Gasteiger partial charge in [-0.05, 0) is 12.1 Å². The van der Waals surface area contributed by atoms with E-state index in [1.807, 2.05) is 18.3 Å². The number of carbonyl (C=O) groups excluding carboxylic acids is 1. The van der Waals surface area contributed by atoms with Crippen molar-refractivity contribution in [3.63, 3.8) is 0 Å². The smallest absolute Gasteiger partial charge is 0.227 e. The topological polar surface area (TPSA) is 36.1 Å². The predicted octanol–water partition coefficient (Wildman–Crippen LogP) is 0.645. The van der Waals surface area contributed by atoms with E-state index in [1.54, 1.807) is 19.0 Å². The summed E-state index contributed by atoms with van der Waals surface area (Å²) in [6, 6.07) is 3.79. The molecule has 0 unspecified atom stereocenters. The van der Waals surface area contributed by atoms with Gasteiger partial charge in [-0.3, -0.25) is 4.79 Å². The van der Waals surface area contributed by atoms with E-state index in [0.29, 0.717) is 6.42 Å². The number of aromatic nitrogens is 1. The first-order valence-corrected chi connectivity index (χ1v) is 3.52. The molecule has 11 heavy (non-hydrogen) atoms. The molecule has 0 bridgehead atoms. The molecule has 3 heteroatoms. The Labute approximate surface area is 66.0 Å². The lowest BCUT2D eigenvalue weighted by Gasteiger charge is -2.08. The minimum Gasteiger partial charge on any atom is -0.365 e. The molecule has 0 aliphatic rings. The van der Waals surface area contributed by atoms with Crippen molar-refractivity contribution in [1.82, 2.24) is 9.88 Å². The fourth-order valence-electron chi connectivity index (χ4n) is 0.799. The normalized spacial score (nSPS) is 9.64. The highest BCUT2D eigenvalue weighted by Crippen LogP contribution is 1.96. The van der Waals surface area contributed by atoms with Crippen LogP contribution in [0.25, 0.3) is 0 Å². The summed E-state index contributed by atoms with van der Waals surface area (Å²) in [4.78, 5) is 15.7. The predicted molar refractivity (Wildman–Crippen MR) is 43.2 cm³/mol. The number of rotatable bonds is 2. The molecule has 1 amide bonds. The van der Waals surface area contributed by atoms with E-state index in [0.717, 1.165) is 5.69 Å². The molecule has 1 heterocycles. The van der Waals surface area contributed by atoms with Crippen LogP contribution in [0.15, 0.2) is 18.3 Å². The van der Waals surface area contributed by atoms with Crippen molar-refractivity contribution < 1.29 is 4.79 Å². The number of H-pyrrole nitrogens is 1. The minimum atomic E-state index is 0.118. The van der Waals surface area contributed by atoms with E-state index in [9.17, 15) is 4.79 Å². The summed E-state index contributed by atoms with van der Waals surface area (Å²) in [5.74, 6) is 0.118. The number of aromatic amines is 1. The molecular weight excluding hydrogens is 140 g/mol. The van der Waals surface area contributed by atoms with Crippen LogP contribution in [0.1, 0.15) is 5.69 Å². The standard InChI is InChI=1S/C8H12N2O/c1-10(2)8(11)6-7-4-3-5-9-7/h3-5,9H,6H2,1-2H3. The van der Waals surface area contributed by atoms with Crippen LogP contribution in [-0.4, -0.2) is 29.9 Å². The van der Waals surface area contributed by atoms with Crippen molar-refractivity contribution in [2.45, 2.75) is 6.42 Å². The highest BCUT2D eigenvalue weighted by molar-refractivity contribution is 5.77. The van der Waals surface area contributed by atoms with Crippen molar-refractivity contribution in [1.29, 1.82) is 0 Å². The zero-order valence-electron chi connectivity index (χ0n) is 6.79. The molecule has 0 fully saturated rings. The maximum Gasteiger partial charge on any atom is 0.227 e. The van der Waals surface area contributed by atoms with Crippen LogP contribution in [-0.2, 0) is 11.2 Å². The maximum atomic E-state index is 11.1. The fraction of sp³-hybridized carbons (Fsp3) is 0.375. The molecule has 1 rings (SSSR count). The molecule has 1 aromatic heterocycles. The number of likely N-dealkylation sites (N-methyl/N-ethyl adjacent to an activating group) is 1. The number of carbonyl (C=O) groups is 1. The highest BCUT2D eigenvalue weighted by atomic mass is 16.2. The summed E-state index contributed by atoms with van der Waals surface area (Å²) in [6.07, 6.45) is 2.28. The Morgan fingerprint density at radius 3 is 2.82 bits per heavy atom. The van der Waals surface area contributed by atoms with Crippen LogP contribution in [0.3, 0.4) is 0 Å². The second-order valence-electron chi connectivity index (χ2n) is 2.66. The third-order valence-electron chi connectivity index (χ3n) is 1.50. The molecule has 0 atom stereocenters. The Bertz CT molecular complexity index is 226. The molecule has 0 radical (unpaired) electrons. The summed E-state index contributed by atoms with van der Waals surface area (Å²) in [5, 5.41) is 0. The molecule has 0 aliphatic heterocycles. The Morgan fingerprint density at radius 1 is 1.64 bits per heavy atom. The Hall–Kier alpha value is -1.25. The summed E-state index contributed by atoms with van der Waals surface area (Å²) in [6.45, 7) is 0. The van der Waals surface area contributed by atoms with Gasteiger partial charge in [0.05, 0.1) is 6.42 Å². The van der Waals surface area contributed by atoms with Gasteiger partial charge in [0.15, 0.2) is 0 Å². The summed E-state index contributed by atoms with van der Waals surface area (Å²) >= 11 is 0. The number of hydrogen-bond acceptors (Lipinski definition) is 1. The third kappa shape index (κ3) is 2.11. The van der Waals surface area contributed by atoms with Crippen molar-refractivity contribution in [2.24, 2.45) is 0 Å². The van der Waals surface area contributed by atoms with Crippen molar-refractivity contribution in [2.75, 3.05) is 14.1 Å². The van der Waals surface area contributed by atoms with Gasteiger partial charge < -0.3 is 9.88 Å². The van der Waals surface area contributed by atoms with E-state index < -0.39 is 0 Å². The second kappa shape index (κ2) is 3.23. The number of nitrogens with zero attached hydrogens (tertiary/aromatic N) is 1. The summed E-state index contributed by atoms with van der Waals surface area (Å²) in [7, 11) is 3.51. The van der Waals surface area contributed by atoms with E-state index in [4.69, 9.17) is 0 Å². The van der Waals surface area contributed by atoms with Gasteiger partial charge in [0, 0.05) is 26.0 Å². The molecule has 1 aromatic rings. The SMILES string of the molecule is CN(C)C(=O)Cc1ccc[nH]1. The lowest BCUT2D eigenvalue weighted by Crippen LogP contribution is -2.23. The van der Waals surface area contributed by atoms with E-state index in [2.05, 4.69) is 4.98 Å². The number of amides is 1. The third-order valence-corrected chi connectivity index (χ3v) is 1.50. The van der Waals surface area contributed by atoms with E-state index in [1.165, 1.54) is 0 Å². The van der Waals surface area contributed by atoms with Crippen LogP contribution in [0.2, 0.25) is 0 Å². The van der Waals surface area contributed by atoms with Crippen molar-refractivity contribution in [3.8, 4) is 0 Å². The van der Waals surface area contributed by atoms with Gasteiger partial charge in [0.2, 0.25) is 5.91 Å². The van der Waals surface area contributed by atoms with E-state index in [-0.39, 0.29) is 5.91 Å². The lowest BCUT2D eigenvalue weighted by atomic mass is 10.3. The second-order valence-corrected chi connectivity index (χ2v) is 2.66. The fourth-order valence-corrected chi connectivity index (χ4v) is 0.799. The summed E-state index contributed by atoms with van der Waals surface area (Å²) in [5.41, 5.74) is 0.962. The quantitative estimate of drug-likeness (QED) is 0.663. The van der Waals surface area contributed by atoms with Gasteiger partial charge in [0.25, 0.3) is 0 Å². The molecule has 0 saturated carbocycles.